The lowest BCUT2D eigenvalue weighted by molar-refractivity contribution is 0.182. The van der Waals surface area contributed by atoms with Crippen molar-refractivity contribution in [2.75, 3.05) is 40.3 Å². The summed E-state index contributed by atoms with van der Waals surface area (Å²) in [7, 11) is 4.18. The Hall–Kier alpha value is -0.130. The predicted octanol–water partition coefficient (Wildman–Crippen LogP) is 3.38. The normalized spacial score (nSPS) is 13.2. The van der Waals surface area contributed by atoms with Crippen molar-refractivity contribution in [2.45, 2.75) is 19.4 Å². The van der Waals surface area contributed by atoms with Crippen molar-refractivity contribution < 1.29 is 0 Å². The van der Waals surface area contributed by atoms with E-state index in [-0.39, 0.29) is 6.04 Å². The first kappa shape index (κ1) is 17.9. The fourth-order valence-electron chi connectivity index (χ4n) is 2.28. The molecule has 0 radical (unpaired) electrons. The van der Waals surface area contributed by atoms with E-state index in [4.69, 9.17) is 17.3 Å². The fraction of sp³-hybridized carbons (Fsp3) is 0.600. The summed E-state index contributed by atoms with van der Waals surface area (Å²) in [6.45, 7) is 5.82. The number of likely N-dealkylation sites (N-methyl/N-ethyl adjacent to an activating group) is 1. The predicted molar refractivity (Wildman–Crippen MR) is 91.4 cm³/mol. The molecule has 0 aliphatic heterocycles. The van der Waals surface area contributed by atoms with Gasteiger partial charge in [0.25, 0.3) is 0 Å². The molecule has 0 aromatic heterocycles. The van der Waals surface area contributed by atoms with Crippen LogP contribution in [0.3, 0.4) is 0 Å². The van der Waals surface area contributed by atoms with Crippen LogP contribution < -0.4 is 5.73 Å². The molecule has 0 heterocycles. The fourth-order valence-corrected chi connectivity index (χ4v) is 3.08. The molecule has 1 atom stereocenters. The molecule has 0 saturated carbocycles. The molecule has 1 unspecified atom stereocenters. The summed E-state index contributed by atoms with van der Waals surface area (Å²) in [6, 6.07) is 6.22. The van der Waals surface area contributed by atoms with Crippen LogP contribution in [0.1, 0.15) is 24.9 Å². The van der Waals surface area contributed by atoms with Crippen molar-refractivity contribution in [1.29, 1.82) is 0 Å². The number of benzene rings is 1. The summed E-state index contributed by atoms with van der Waals surface area (Å²) in [5.41, 5.74) is 7.14. The average molecular weight is 363 g/mol. The number of hydrogen-bond donors (Lipinski definition) is 1. The molecule has 0 amide bonds. The standard InChI is InChI=1S/C15H25BrClN3/c1-4-7-20(9-8-19(2)3)15(11-18)13-6-5-12(16)10-14(13)17/h5-6,10,15H,4,7-9,11,18H2,1-3H3. The highest BCUT2D eigenvalue weighted by atomic mass is 79.9. The Kier molecular flexibility index (Phi) is 8.07. The first-order valence-corrected chi connectivity index (χ1v) is 8.20. The van der Waals surface area contributed by atoms with Gasteiger partial charge in [0.15, 0.2) is 0 Å². The molecule has 20 heavy (non-hydrogen) atoms. The molecule has 0 saturated heterocycles. The SMILES string of the molecule is CCCN(CCN(C)C)C(CN)c1ccc(Br)cc1Cl. The topological polar surface area (TPSA) is 32.5 Å². The highest BCUT2D eigenvalue weighted by Gasteiger charge is 2.20. The maximum atomic E-state index is 6.39. The van der Waals surface area contributed by atoms with Gasteiger partial charge in [-0.25, -0.2) is 0 Å². The van der Waals surface area contributed by atoms with E-state index in [2.05, 4.69) is 52.8 Å². The van der Waals surface area contributed by atoms with Crippen LogP contribution in [0.4, 0.5) is 0 Å². The Morgan fingerprint density at radius 2 is 1.95 bits per heavy atom. The number of hydrogen-bond acceptors (Lipinski definition) is 3. The molecule has 2 N–H and O–H groups in total. The largest absolute Gasteiger partial charge is 0.329 e. The van der Waals surface area contributed by atoms with Crippen molar-refractivity contribution in [3.8, 4) is 0 Å². The van der Waals surface area contributed by atoms with Gasteiger partial charge in [0.05, 0.1) is 0 Å². The van der Waals surface area contributed by atoms with E-state index >= 15 is 0 Å². The zero-order valence-electron chi connectivity index (χ0n) is 12.6. The van der Waals surface area contributed by atoms with E-state index in [1.807, 2.05) is 12.1 Å². The van der Waals surface area contributed by atoms with E-state index in [9.17, 15) is 0 Å². The second kappa shape index (κ2) is 9.00. The van der Waals surface area contributed by atoms with Gasteiger partial charge in [0.1, 0.15) is 0 Å². The minimum Gasteiger partial charge on any atom is -0.329 e. The molecule has 0 fully saturated rings. The molecule has 5 heteroatoms. The summed E-state index contributed by atoms with van der Waals surface area (Å²) in [4.78, 5) is 4.62. The maximum Gasteiger partial charge on any atom is 0.0485 e. The van der Waals surface area contributed by atoms with Crippen molar-refractivity contribution in [1.82, 2.24) is 9.80 Å². The minimum atomic E-state index is 0.176. The summed E-state index contributed by atoms with van der Waals surface area (Å²) >= 11 is 9.84. The van der Waals surface area contributed by atoms with Crippen LogP contribution in [0.2, 0.25) is 5.02 Å². The maximum absolute atomic E-state index is 6.39. The lowest BCUT2D eigenvalue weighted by Gasteiger charge is -2.32. The van der Waals surface area contributed by atoms with Crippen LogP contribution in [-0.4, -0.2) is 50.1 Å². The molecule has 1 rings (SSSR count). The van der Waals surface area contributed by atoms with Gasteiger partial charge in [-0.2, -0.15) is 0 Å². The number of nitrogens with zero attached hydrogens (tertiary/aromatic N) is 2. The summed E-state index contributed by atoms with van der Waals surface area (Å²) < 4.78 is 0.998. The van der Waals surface area contributed by atoms with Gasteiger partial charge in [-0.15, -0.1) is 0 Å². The monoisotopic (exact) mass is 361 g/mol. The van der Waals surface area contributed by atoms with Gasteiger partial charge in [-0.05, 0) is 44.8 Å². The Labute approximate surface area is 136 Å². The van der Waals surface area contributed by atoms with Crippen LogP contribution in [-0.2, 0) is 0 Å². The number of nitrogens with two attached hydrogens (primary N) is 1. The van der Waals surface area contributed by atoms with Gasteiger partial charge in [0.2, 0.25) is 0 Å². The minimum absolute atomic E-state index is 0.176. The molecule has 0 aliphatic rings. The third-order valence-corrected chi connectivity index (χ3v) is 4.15. The van der Waals surface area contributed by atoms with Crippen LogP contribution in [0.15, 0.2) is 22.7 Å². The Morgan fingerprint density at radius 3 is 2.45 bits per heavy atom. The first-order valence-electron chi connectivity index (χ1n) is 7.03. The Balaban J connectivity index is 2.93. The zero-order chi connectivity index (χ0) is 15.1. The van der Waals surface area contributed by atoms with Gasteiger partial charge in [-0.1, -0.05) is 40.5 Å². The quantitative estimate of drug-likeness (QED) is 0.769. The molecule has 0 spiro atoms. The third kappa shape index (κ3) is 5.34. The van der Waals surface area contributed by atoms with Crippen LogP contribution >= 0.6 is 27.5 Å². The smallest absolute Gasteiger partial charge is 0.0485 e. The number of rotatable bonds is 8. The molecule has 1 aromatic rings. The Morgan fingerprint density at radius 1 is 1.25 bits per heavy atom. The molecule has 0 bridgehead atoms. The lowest BCUT2D eigenvalue weighted by Crippen LogP contribution is -2.38. The van der Waals surface area contributed by atoms with Crippen LogP contribution in [0, 0.1) is 0 Å². The molecule has 1 aromatic carbocycles. The van der Waals surface area contributed by atoms with Crippen molar-refractivity contribution in [3.63, 3.8) is 0 Å². The van der Waals surface area contributed by atoms with E-state index in [0.29, 0.717) is 6.54 Å². The van der Waals surface area contributed by atoms with Crippen molar-refractivity contribution in [3.05, 3.63) is 33.3 Å². The van der Waals surface area contributed by atoms with Gasteiger partial charge in [0, 0.05) is 35.2 Å². The third-order valence-electron chi connectivity index (χ3n) is 3.33. The molecule has 114 valence electrons. The van der Waals surface area contributed by atoms with E-state index in [1.165, 1.54) is 0 Å². The van der Waals surface area contributed by atoms with E-state index < -0.39 is 0 Å². The second-order valence-electron chi connectivity index (χ2n) is 5.26. The summed E-state index contributed by atoms with van der Waals surface area (Å²) in [5.74, 6) is 0. The van der Waals surface area contributed by atoms with Crippen LogP contribution in [0.25, 0.3) is 0 Å². The lowest BCUT2D eigenvalue weighted by atomic mass is 10.0. The second-order valence-corrected chi connectivity index (χ2v) is 6.58. The molecular weight excluding hydrogens is 338 g/mol. The molecule has 0 aliphatic carbocycles. The van der Waals surface area contributed by atoms with Gasteiger partial charge in [-0.3, -0.25) is 4.90 Å². The van der Waals surface area contributed by atoms with Crippen molar-refractivity contribution in [2.24, 2.45) is 5.73 Å². The van der Waals surface area contributed by atoms with E-state index in [0.717, 1.165) is 41.1 Å². The zero-order valence-corrected chi connectivity index (χ0v) is 14.9. The summed E-state index contributed by atoms with van der Waals surface area (Å²) in [5, 5.41) is 0.779. The average Bonchev–Trinajstić information content (AvgIpc) is 2.38. The summed E-state index contributed by atoms with van der Waals surface area (Å²) in [6.07, 6.45) is 1.11. The van der Waals surface area contributed by atoms with Gasteiger partial charge >= 0.3 is 0 Å². The highest BCUT2D eigenvalue weighted by molar-refractivity contribution is 9.10. The van der Waals surface area contributed by atoms with E-state index in [1.54, 1.807) is 0 Å². The highest BCUT2D eigenvalue weighted by Crippen LogP contribution is 2.29. The molecule has 3 nitrogen and oxygen atoms in total. The van der Waals surface area contributed by atoms with Gasteiger partial charge < -0.3 is 10.6 Å². The van der Waals surface area contributed by atoms with Crippen molar-refractivity contribution >= 4 is 27.5 Å². The first-order chi connectivity index (χ1) is 9.49. The number of halogens is 2. The Bertz CT molecular complexity index is 412. The molecular formula is C15H25BrClN3. The van der Waals surface area contributed by atoms with Crippen LogP contribution in [0.5, 0.6) is 0 Å².